The summed E-state index contributed by atoms with van der Waals surface area (Å²) in [5.41, 5.74) is 3.87. The number of carbonyl (C=O) groups excluding carboxylic acids is 1. The molecule has 1 aromatic heterocycles. The summed E-state index contributed by atoms with van der Waals surface area (Å²) >= 11 is 0. The van der Waals surface area contributed by atoms with Crippen LogP contribution < -0.4 is 9.88 Å². The van der Waals surface area contributed by atoms with Gasteiger partial charge in [-0.05, 0) is 42.3 Å². The number of hydrogen-bond donors (Lipinski definition) is 1. The van der Waals surface area contributed by atoms with Crippen LogP contribution in [0.15, 0.2) is 90.0 Å². The number of carbonyl (C=O) groups is 1. The first-order valence-corrected chi connectivity index (χ1v) is 11.4. The van der Waals surface area contributed by atoms with Gasteiger partial charge < -0.3 is 4.74 Å². The number of nitrogens with zero attached hydrogens (tertiary/aromatic N) is 2. The van der Waals surface area contributed by atoms with Gasteiger partial charge in [-0.3, -0.25) is 4.68 Å². The van der Waals surface area contributed by atoms with Crippen LogP contribution in [0.25, 0.3) is 11.1 Å². The lowest BCUT2D eigenvalue weighted by molar-refractivity contribution is 0.0723. The van der Waals surface area contributed by atoms with E-state index in [-0.39, 0.29) is 10.6 Å². The van der Waals surface area contributed by atoms with E-state index >= 15 is 0 Å². The molecule has 32 heavy (non-hydrogen) atoms. The molecule has 0 saturated carbocycles. The average molecular weight is 448 g/mol. The van der Waals surface area contributed by atoms with E-state index in [0.29, 0.717) is 17.8 Å². The van der Waals surface area contributed by atoms with Crippen LogP contribution in [0.1, 0.15) is 21.6 Å². The summed E-state index contributed by atoms with van der Waals surface area (Å²) in [6.45, 7) is 2.38. The number of hydrogen-bond acceptors (Lipinski definition) is 5. The Morgan fingerprint density at radius 3 is 2.25 bits per heavy atom. The molecule has 8 heteroatoms. The van der Waals surface area contributed by atoms with E-state index < -0.39 is 16.0 Å². The van der Waals surface area contributed by atoms with Crippen molar-refractivity contribution in [3.05, 3.63) is 102 Å². The van der Waals surface area contributed by atoms with E-state index in [2.05, 4.69) is 5.10 Å². The largest absolute Gasteiger partial charge is 0.422 e. The fourth-order valence-electron chi connectivity index (χ4n) is 3.27. The first-order chi connectivity index (χ1) is 15.3. The Balaban J connectivity index is 1.70. The van der Waals surface area contributed by atoms with Crippen LogP contribution in [0.3, 0.4) is 0 Å². The van der Waals surface area contributed by atoms with E-state index in [4.69, 9.17) is 9.88 Å². The van der Waals surface area contributed by atoms with E-state index in [0.717, 1.165) is 16.7 Å². The lowest BCUT2D eigenvalue weighted by Gasteiger charge is -2.11. The zero-order chi connectivity index (χ0) is 22.7. The number of sulfonamides is 1. The zero-order valence-electron chi connectivity index (χ0n) is 17.3. The number of esters is 1. The van der Waals surface area contributed by atoms with Crippen LogP contribution in [-0.4, -0.2) is 24.2 Å². The highest BCUT2D eigenvalue weighted by molar-refractivity contribution is 7.89. The normalized spacial score (nSPS) is 11.3. The van der Waals surface area contributed by atoms with Gasteiger partial charge in [0.05, 0.1) is 17.6 Å². The van der Waals surface area contributed by atoms with Crippen molar-refractivity contribution in [2.75, 3.05) is 0 Å². The zero-order valence-corrected chi connectivity index (χ0v) is 18.1. The second kappa shape index (κ2) is 8.78. The molecule has 0 saturated heterocycles. The summed E-state index contributed by atoms with van der Waals surface area (Å²) in [7, 11) is -3.83. The molecule has 0 aliphatic heterocycles. The molecule has 0 unspecified atom stereocenters. The Labute approximate surface area is 186 Å². The van der Waals surface area contributed by atoms with Crippen LogP contribution in [0.5, 0.6) is 5.75 Å². The highest BCUT2D eigenvalue weighted by atomic mass is 32.2. The first-order valence-electron chi connectivity index (χ1n) is 9.83. The molecule has 162 valence electrons. The van der Waals surface area contributed by atoms with E-state index in [1.54, 1.807) is 10.9 Å². The number of aryl methyl sites for hydroxylation is 1. The Kier molecular flexibility index (Phi) is 5.89. The van der Waals surface area contributed by atoms with Gasteiger partial charge in [0, 0.05) is 5.56 Å². The molecule has 0 atom stereocenters. The number of benzene rings is 3. The van der Waals surface area contributed by atoms with Crippen molar-refractivity contribution in [1.82, 2.24) is 9.78 Å². The quantitative estimate of drug-likeness (QED) is 0.358. The second-order valence-electron chi connectivity index (χ2n) is 7.32. The van der Waals surface area contributed by atoms with Crippen molar-refractivity contribution >= 4 is 16.0 Å². The summed E-state index contributed by atoms with van der Waals surface area (Å²) in [5.74, 6) is -0.401. The smallest absolute Gasteiger partial charge is 0.362 e. The number of ether oxygens (including phenoxy) is 1. The van der Waals surface area contributed by atoms with Gasteiger partial charge in [0.25, 0.3) is 0 Å². The minimum Gasteiger partial charge on any atom is -0.422 e. The van der Waals surface area contributed by atoms with Gasteiger partial charge in [-0.1, -0.05) is 60.2 Å². The lowest BCUT2D eigenvalue weighted by atomic mass is 10.0. The standard InChI is InChI=1S/C24H21N3O4S/c1-17-7-9-19(10-8-17)22-15-26-27(16-18-5-3-2-4-6-18)23(22)24(28)31-20-11-13-21(14-12-20)32(25,29)30/h2-15H,16H2,1H3,(H2,25,29,30). The number of primary sulfonamides is 1. The average Bonchev–Trinajstić information content (AvgIpc) is 3.18. The molecule has 3 aromatic carbocycles. The van der Waals surface area contributed by atoms with Crippen molar-refractivity contribution in [3.63, 3.8) is 0 Å². The molecular formula is C24H21N3O4S. The molecule has 0 fully saturated rings. The number of nitrogens with two attached hydrogens (primary N) is 1. The second-order valence-corrected chi connectivity index (χ2v) is 8.88. The highest BCUT2D eigenvalue weighted by Crippen LogP contribution is 2.26. The highest BCUT2D eigenvalue weighted by Gasteiger charge is 2.22. The maximum absolute atomic E-state index is 13.2. The van der Waals surface area contributed by atoms with Crippen molar-refractivity contribution < 1.29 is 17.9 Å². The Hall–Kier alpha value is -3.75. The molecule has 0 radical (unpaired) electrons. The Morgan fingerprint density at radius 1 is 0.969 bits per heavy atom. The molecule has 0 aliphatic carbocycles. The van der Waals surface area contributed by atoms with Crippen LogP contribution in [0.2, 0.25) is 0 Å². The van der Waals surface area contributed by atoms with Crippen molar-refractivity contribution in [2.24, 2.45) is 5.14 Å². The van der Waals surface area contributed by atoms with E-state index in [1.807, 2.05) is 61.5 Å². The molecule has 4 aromatic rings. The summed E-state index contributed by atoms with van der Waals surface area (Å²) < 4.78 is 30.1. The first kappa shape index (κ1) is 21.5. The Morgan fingerprint density at radius 2 is 1.62 bits per heavy atom. The third kappa shape index (κ3) is 4.77. The molecule has 0 bridgehead atoms. The summed E-state index contributed by atoms with van der Waals surface area (Å²) in [5, 5.41) is 9.57. The monoisotopic (exact) mass is 447 g/mol. The molecule has 4 rings (SSSR count). The predicted molar refractivity (Wildman–Crippen MR) is 121 cm³/mol. The van der Waals surface area contributed by atoms with Crippen molar-refractivity contribution in [2.45, 2.75) is 18.4 Å². The third-order valence-electron chi connectivity index (χ3n) is 4.93. The minimum absolute atomic E-state index is 0.0632. The van der Waals surface area contributed by atoms with E-state index in [1.165, 1.54) is 24.3 Å². The topological polar surface area (TPSA) is 104 Å². The molecule has 2 N–H and O–H groups in total. The predicted octanol–water partition coefficient (Wildman–Crippen LogP) is 3.77. The fourth-order valence-corrected chi connectivity index (χ4v) is 3.79. The molecule has 1 heterocycles. The van der Waals surface area contributed by atoms with Gasteiger partial charge in [-0.25, -0.2) is 18.4 Å². The fraction of sp³-hybridized carbons (Fsp3) is 0.0833. The van der Waals surface area contributed by atoms with Gasteiger partial charge in [-0.15, -0.1) is 0 Å². The minimum atomic E-state index is -3.83. The summed E-state index contributed by atoms with van der Waals surface area (Å²) in [6.07, 6.45) is 1.65. The summed E-state index contributed by atoms with van der Waals surface area (Å²) in [4.78, 5) is 13.1. The third-order valence-corrected chi connectivity index (χ3v) is 5.86. The molecule has 0 amide bonds. The van der Waals surface area contributed by atoms with Crippen molar-refractivity contribution in [3.8, 4) is 16.9 Å². The van der Waals surface area contributed by atoms with Gasteiger partial charge in [-0.2, -0.15) is 5.10 Å². The van der Waals surface area contributed by atoms with Gasteiger partial charge >= 0.3 is 5.97 Å². The Bertz CT molecular complexity index is 1340. The van der Waals surface area contributed by atoms with Gasteiger partial charge in [0.15, 0.2) is 5.69 Å². The maximum Gasteiger partial charge on any atom is 0.362 e. The van der Waals surface area contributed by atoms with Crippen molar-refractivity contribution in [1.29, 1.82) is 0 Å². The van der Waals surface area contributed by atoms with Gasteiger partial charge in [0.2, 0.25) is 10.0 Å². The number of rotatable bonds is 6. The van der Waals surface area contributed by atoms with Gasteiger partial charge in [0.1, 0.15) is 5.75 Å². The molecular weight excluding hydrogens is 426 g/mol. The van der Waals surface area contributed by atoms with Crippen LogP contribution in [-0.2, 0) is 16.6 Å². The molecule has 0 spiro atoms. The number of aromatic nitrogens is 2. The lowest BCUT2D eigenvalue weighted by Crippen LogP contribution is -2.17. The summed E-state index contributed by atoms with van der Waals surface area (Å²) in [6, 6.07) is 22.8. The van der Waals surface area contributed by atoms with Crippen LogP contribution in [0.4, 0.5) is 0 Å². The molecule has 7 nitrogen and oxygen atoms in total. The molecule has 0 aliphatic rings. The van der Waals surface area contributed by atoms with Crippen LogP contribution in [0, 0.1) is 6.92 Å². The van der Waals surface area contributed by atoms with E-state index in [9.17, 15) is 13.2 Å². The maximum atomic E-state index is 13.2. The SMILES string of the molecule is Cc1ccc(-c2cnn(Cc3ccccc3)c2C(=O)Oc2ccc(S(N)(=O)=O)cc2)cc1. The van der Waals surface area contributed by atoms with Crippen LogP contribution >= 0.6 is 0 Å².